The van der Waals surface area contributed by atoms with E-state index in [9.17, 15) is 24.0 Å². The number of hydrogen-bond donors (Lipinski definition) is 1. The van der Waals surface area contributed by atoms with Crippen molar-refractivity contribution in [2.24, 2.45) is 0 Å². The van der Waals surface area contributed by atoms with E-state index in [4.69, 9.17) is 0 Å². The van der Waals surface area contributed by atoms with E-state index in [1.807, 2.05) is 0 Å². The fourth-order valence-corrected chi connectivity index (χ4v) is 1.86. The predicted octanol–water partition coefficient (Wildman–Crippen LogP) is 3.98. The van der Waals surface area contributed by atoms with Crippen molar-refractivity contribution in [3.8, 4) is 0 Å². The lowest BCUT2D eigenvalue weighted by Crippen LogP contribution is -2.23. The van der Waals surface area contributed by atoms with Crippen molar-refractivity contribution in [3.05, 3.63) is 81.9 Å². The van der Waals surface area contributed by atoms with Crippen LogP contribution in [0.15, 0.2) is 60.7 Å². The number of aliphatic hydroxyl groups excluding tert-OH is 1. The number of nitro groups is 1. The van der Waals surface area contributed by atoms with Crippen LogP contribution < -0.4 is 0 Å². The van der Waals surface area contributed by atoms with Gasteiger partial charge in [-0.25, -0.2) is 0 Å². The molecule has 1 unspecified atom stereocenters. The topological polar surface area (TPSA) is 63.4 Å². The molecular weight excluding hydrogens is 292 g/mol. The summed E-state index contributed by atoms with van der Waals surface area (Å²) in [4.78, 5) is 9.94. The molecule has 0 saturated carbocycles. The van der Waals surface area contributed by atoms with E-state index in [1.54, 1.807) is 18.2 Å². The summed E-state index contributed by atoms with van der Waals surface area (Å²) >= 11 is 0. The molecule has 0 aliphatic heterocycles. The number of benzene rings is 2. The third-order valence-corrected chi connectivity index (χ3v) is 3.08. The first-order valence-electron chi connectivity index (χ1n) is 6.45. The molecule has 22 heavy (non-hydrogen) atoms. The van der Waals surface area contributed by atoms with Crippen LogP contribution in [-0.2, 0) is 0 Å². The summed E-state index contributed by atoms with van der Waals surface area (Å²) in [6.45, 7) is 0. The summed E-state index contributed by atoms with van der Waals surface area (Å²) in [7, 11) is 0. The molecule has 0 heterocycles. The number of aliphatic hydroxyl groups is 1. The molecule has 0 radical (unpaired) electrons. The Balaban J connectivity index is 2.15. The highest BCUT2D eigenvalue weighted by atomic mass is 19.3. The van der Waals surface area contributed by atoms with Crippen molar-refractivity contribution in [1.29, 1.82) is 0 Å². The van der Waals surface area contributed by atoms with E-state index in [-0.39, 0.29) is 11.3 Å². The van der Waals surface area contributed by atoms with E-state index < -0.39 is 16.9 Å². The molecule has 2 aromatic carbocycles. The standard InChI is InChI=1S/C16H13F2NO3/c17-16(18,15(20)13-4-2-1-3-5-13)11-10-12-6-8-14(9-7-12)19(21)22/h1-11,15,20H/b11-10+. The van der Waals surface area contributed by atoms with Gasteiger partial charge in [0.2, 0.25) is 0 Å². The minimum absolute atomic E-state index is 0.112. The van der Waals surface area contributed by atoms with E-state index in [2.05, 4.69) is 0 Å². The fraction of sp³-hybridized carbons (Fsp3) is 0.125. The summed E-state index contributed by atoms with van der Waals surface area (Å²) in [6, 6.07) is 12.8. The van der Waals surface area contributed by atoms with Gasteiger partial charge in [0.05, 0.1) is 4.92 Å². The maximum atomic E-state index is 14.0. The zero-order valence-electron chi connectivity index (χ0n) is 11.4. The lowest BCUT2D eigenvalue weighted by molar-refractivity contribution is -0.384. The van der Waals surface area contributed by atoms with Crippen LogP contribution in [0.3, 0.4) is 0 Å². The number of nitro benzene ring substituents is 1. The van der Waals surface area contributed by atoms with Gasteiger partial charge in [-0.1, -0.05) is 36.4 Å². The molecule has 0 amide bonds. The second-order valence-corrected chi connectivity index (χ2v) is 4.67. The molecule has 0 aliphatic rings. The van der Waals surface area contributed by atoms with Crippen molar-refractivity contribution in [1.82, 2.24) is 0 Å². The maximum Gasteiger partial charge on any atom is 0.296 e. The number of hydrogen-bond acceptors (Lipinski definition) is 3. The minimum atomic E-state index is -3.46. The third kappa shape index (κ3) is 3.73. The van der Waals surface area contributed by atoms with Gasteiger partial charge in [-0.2, -0.15) is 8.78 Å². The lowest BCUT2D eigenvalue weighted by atomic mass is 10.0. The van der Waals surface area contributed by atoms with Crippen LogP contribution in [0.25, 0.3) is 6.08 Å². The zero-order chi connectivity index (χ0) is 16.2. The highest BCUT2D eigenvalue weighted by Gasteiger charge is 2.36. The van der Waals surface area contributed by atoms with Gasteiger partial charge >= 0.3 is 0 Å². The van der Waals surface area contributed by atoms with Crippen LogP contribution in [0.2, 0.25) is 0 Å². The molecule has 1 N–H and O–H groups in total. The maximum absolute atomic E-state index is 14.0. The largest absolute Gasteiger partial charge is 0.382 e. The number of non-ortho nitro benzene ring substituents is 1. The average molecular weight is 305 g/mol. The third-order valence-electron chi connectivity index (χ3n) is 3.08. The van der Waals surface area contributed by atoms with Gasteiger partial charge in [-0.3, -0.25) is 10.1 Å². The van der Waals surface area contributed by atoms with Crippen molar-refractivity contribution < 1.29 is 18.8 Å². The molecule has 0 aromatic heterocycles. The van der Waals surface area contributed by atoms with Gasteiger partial charge in [0, 0.05) is 12.1 Å². The van der Waals surface area contributed by atoms with Crippen molar-refractivity contribution in [2.75, 3.05) is 0 Å². The molecule has 2 aromatic rings. The molecule has 0 saturated heterocycles. The monoisotopic (exact) mass is 305 g/mol. The summed E-state index contributed by atoms with van der Waals surface area (Å²) < 4.78 is 27.9. The number of alkyl halides is 2. The normalized spacial score (nSPS) is 13.2. The first kappa shape index (κ1) is 15.8. The molecule has 4 nitrogen and oxygen atoms in total. The molecular formula is C16H13F2NO3. The van der Waals surface area contributed by atoms with Crippen LogP contribution in [0.1, 0.15) is 17.2 Å². The number of halogens is 2. The summed E-state index contributed by atoms with van der Waals surface area (Å²) in [5.41, 5.74) is 0.375. The van der Waals surface area contributed by atoms with Crippen molar-refractivity contribution in [3.63, 3.8) is 0 Å². The van der Waals surface area contributed by atoms with E-state index in [0.717, 1.165) is 6.08 Å². The van der Waals surface area contributed by atoms with Gasteiger partial charge < -0.3 is 5.11 Å². The van der Waals surface area contributed by atoms with E-state index in [1.165, 1.54) is 36.4 Å². The van der Waals surface area contributed by atoms with Crippen molar-refractivity contribution in [2.45, 2.75) is 12.0 Å². The van der Waals surface area contributed by atoms with E-state index >= 15 is 0 Å². The van der Waals surface area contributed by atoms with Crippen LogP contribution in [0, 0.1) is 10.1 Å². The highest BCUT2D eigenvalue weighted by Crippen LogP contribution is 2.33. The number of nitrogens with zero attached hydrogens (tertiary/aromatic N) is 1. The molecule has 0 bridgehead atoms. The smallest absolute Gasteiger partial charge is 0.296 e. The van der Waals surface area contributed by atoms with Crippen LogP contribution >= 0.6 is 0 Å². The first-order valence-corrected chi connectivity index (χ1v) is 6.45. The van der Waals surface area contributed by atoms with Gasteiger partial charge in [-0.05, 0) is 29.3 Å². The lowest BCUT2D eigenvalue weighted by Gasteiger charge is -2.19. The average Bonchev–Trinajstić information content (AvgIpc) is 2.53. The van der Waals surface area contributed by atoms with Crippen LogP contribution in [0.4, 0.5) is 14.5 Å². The van der Waals surface area contributed by atoms with Gasteiger partial charge in [0.1, 0.15) is 6.10 Å². The number of rotatable bonds is 5. The summed E-state index contributed by atoms with van der Waals surface area (Å²) in [5, 5.41) is 20.3. The second kappa shape index (κ2) is 6.44. The minimum Gasteiger partial charge on any atom is -0.382 e. The Morgan fingerprint density at radius 3 is 2.23 bits per heavy atom. The zero-order valence-corrected chi connectivity index (χ0v) is 11.4. The molecule has 6 heteroatoms. The molecule has 2 rings (SSSR count). The molecule has 114 valence electrons. The molecule has 0 aliphatic carbocycles. The Bertz CT molecular complexity index is 670. The Morgan fingerprint density at radius 2 is 1.68 bits per heavy atom. The molecule has 1 atom stereocenters. The second-order valence-electron chi connectivity index (χ2n) is 4.67. The van der Waals surface area contributed by atoms with E-state index in [0.29, 0.717) is 11.6 Å². The Hall–Kier alpha value is -2.60. The SMILES string of the molecule is O=[N+]([O-])c1ccc(/C=C/C(F)(F)C(O)c2ccccc2)cc1. The van der Waals surface area contributed by atoms with Gasteiger partial charge in [0.25, 0.3) is 11.6 Å². The molecule has 0 fully saturated rings. The van der Waals surface area contributed by atoms with Gasteiger partial charge in [0.15, 0.2) is 0 Å². The van der Waals surface area contributed by atoms with Crippen LogP contribution in [-0.4, -0.2) is 16.0 Å². The van der Waals surface area contributed by atoms with Gasteiger partial charge in [-0.15, -0.1) is 0 Å². The fourth-order valence-electron chi connectivity index (χ4n) is 1.86. The summed E-state index contributed by atoms with van der Waals surface area (Å²) in [5.74, 6) is -3.46. The predicted molar refractivity (Wildman–Crippen MR) is 78.5 cm³/mol. The quantitative estimate of drug-likeness (QED) is 0.671. The first-order chi connectivity index (χ1) is 10.4. The molecule has 0 spiro atoms. The van der Waals surface area contributed by atoms with Crippen molar-refractivity contribution >= 4 is 11.8 Å². The summed E-state index contributed by atoms with van der Waals surface area (Å²) in [6.07, 6.45) is -0.246. The Labute approximate surface area is 125 Å². The highest BCUT2D eigenvalue weighted by molar-refractivity contribution is 5.53. The Morgan fingerprint density at radius 1 is 1.09 bits per heavy atom. The van der Waals surface area contributed by atoms with Crippen LogP contribution in [0.5, 0.6) is 0 Å². The Kier molecular flexibility index (Phi) is 4.62.